The number of fused-ring (bicyclic) bond motifs is 2. The Labute approximate surface area is 180 Å². The second-order valence-electron chi connectivity index (χ2n) is 7.80. The molecule has 7 heteroatoms. The molecule has 0 aliphatic heterocycles. The van der Waals surface area contributed by atoms with Crippen LogP contribution in [-0.4, -0.2) is 15.3 Å². The van der Waals surface area contributed by atoms with Gasteiger partial charge in [0.15, 0.2) is 0 Å². The van der Waals surface area contributed by atoms with Crippen LogP contribution in [-0.2, 0) is 13.1 Å². The van der Waals surface area contributed by atoms with E-state index in [0.717, 1.165) is 23.1 Å². The van der Waals surface area contributed by atoms with Gasteiger partial charge in [0.2, 0.25) is 11.5 Å². The molecule has 3 N–H and O–H groups in total. The topological polar surface area (TPSA) is 93.4 Å². The first kappa shape index (κ1) is 20.5. The van der Waals surface area contributed by atoms with Gasteiger partial charge in [-0.05, 0) is 38.0 Å². The second kappa shape index (κ2) is 8.18. The van der Waals surface area contributed by atoms with Crippen LogP contribution in [0.25, 0.3) is 16.7 Å². The lowest BCUT2D eigenvalue weighted by molar-refractivity contribution is -0.658. The molecule has 1 amide bonds. The first-order valence-electron chi connectivity index (χ1n) is 10.4. The molecule has 4 rings (SSSR count). The van der Waals surface area contributed by atoms with Crippen molar-refractivity contribution in [3.63, 3.8) is 0 Å². The molecule has 31 heavy (non-hydrogen) atoms. The summed E-state index contributed by atoms with van der Waals surface area (Å²) in [6.45, 7) is 6.87. The van der Waals surface area contributed by atoms with Crippen molar-refractivity contribution in [3.05, 3.63) is 81.3 Å². The molecule has 0 spiro atoms. The van der Waals surface area contributed by atoms with Gasteiger partial charge in [0.05, 0.1) is 6.54 Å². The van der Waals surface area contributed by atoms with E-state index in [-0.39, 0.29) is 17.0 Å². The Morgan fingerprint density at radius 2 is 1.94 bits per heavy atom. The Balaban J connectivity index is 1.83. The molecular weight excluding hydrogens is 390 g/mol. The maximum Gasteiger partial charge on any atom is 0.278 e. The molecule has 158 valence electrons. The summed E-state index contributed by atoms with van der Waals surface area (Å²) < 4.78 is 3.28. The lowest BCUT2D eigenvalue weighted by Gasteiger charge is -2.12. The highest BCUT2D eigenvalue weighted by atomic mass is 16.1. The number of aromatic nitrogens is 3. The molecule has 1 aromatic carbocycles. The molecule has 0 aliphatic rings. The van der Waals surface area contributed by atoms with E-state index in [2.05, 4.69) is 5.32 Å². The molecule has 3 heterocycles. The number of nitrogens with one attached hydrogen (secondary N) is 1. The maximum atomic E-state index is 13.2. The quantitative estimate of drug-likeness (QED) is 0.386. The van der Waals surface area contributed by atoms with Crippen LogP contribution < -0.4 is 21.2 Å². The Bertz CT molecular complexity index is 1360. The van der Waals surface area contributed by atoms with Crippen LogP contribution >= 0.6 is 0 Å². The van der Waals surface area contributed by atoms with Crippen molar-refractivity contribution in [2.75, 3.05) is 5.73 Å². The van der Waals surface area contributed by atoms with Crippen LogP contribution in [0.15, 0.2) is 53.5 Å². The summed E-state index contributed by atoms with van der Waals surface area (Å²) >= 11 is 0. The van der Waals surface area contributed by atoms with Gasteiger partial charge >= 0.3 is 0 Å². The molecular formula is C24H26N5O2+. The lowest BCUT2D eigenvalue weighted by atomic mass is 10.1. The van der Waals surface area contributed by atoms with Crippen molar-refractivity contribution in [2.45, 2.75) is 40.3 Å². The van der Waals surface area contributed by atoms with E-state index in [1.165, 1.54) is 4.40 Å². The smallest absolute Gasteiger partial charge is 0.278 e. The zero-order valence-corrected chi connectivity index (χ0v) is 18.0. The summed E-state index contributed by atoms with van der Waals surface area (Å²) in [6, 6.07) is 13.2. The molecule has 0 aliphatic carbocycles. The normalized spacial score (nSPS) is 11.2. The van der Waals surface area contributed by atoms with Crippen molar-refractivity contribution in [3.8, 4) is 0 Å². The fraction of sp³-hybridized carbons (Fsp3) is 0.250. The standard InChI is InChI=1S/C24H25N5O2/c1-4-11-28-20(25)18(23(30)26-14-17-9-7-15(2)8-10-17)13-19-22(28)27-21-16(3)6-5-12-29(21)24(19)31/h5-10,12-13,25H,4,11,14H2,1-3H3,(H,26,30)/p+1. The molecule has 4 aromatic rings. The number of carbonyl (C=O) groups is 1. The van der Waals surface area contributed by atoms with Crippen molar-refractivity contribution in [2.24, 2.45) is 0 Å². The van der Waals surface area contributed by atoms with Gasteiger partial charge in [-0.15, -0.1) is 0 Å². The third-order valence-corrected chi connectivity index (χ3v) is 5.44. The number of anilines is 1. The van der Waals surface area contributed by atoms with Gasteiger partial charge in [0.25, 0.3) is 17.1 Å². The van der Waals surface area contributed by atoms with E-state index >= 15 is 0 Å². The summed E-state index contributed by atoms with van der Waals surface area (Å²) in [4.78, 5) is 31.0. The van der Waals surface area contributed by atoms with Crippen molar-refractivity contribution in [1.82, 2.24) is 14.7 Å². The molecule has 0 atom stereocenters. The average Bonchev–Trinajstić information content (AvgIpc) is 2.76. The number of nitrogen functional groups attached to an aromatic ring is 1. The first-order chi connectivity index (χ1) is 14.9. The van der Waals surface area contributed by atoms with Gasteiger partial charge in [-0.2, -0.15) is 0 Å². The third-order valence-electron chi connectivity index (χ3n) is 5.44. The SMILES string of the molecule is CCC[n+]1c(N)c(C(=O)NCc2ccc(C)cc2)cc2c(=O)n3cccc(C)c3nc21. The molecule has 0 radical (unpaired) electrons. The number of pyridine rings is 2. The maximum absolute atomic E-state index is 13.2. The van der Waals surface area contributed by atoms with Crippen LogP contribution in [0.2, 0.25) is 0 Å². The summed E-state index contributed by atoms with van der Waals surface area (Å²) in [5, 5.41) is 3.28. The van der Waals surface area contributed by atoms with Gasteiger partial charge in [0, 0.05) is 18.3 Å². The van der Waals surface area contributed by atoms with Gasteiger partial charge in [-0.3, -0.25) is 14.0 Å². The van der Waals surface area contributed by atoms with Gasteiger partial charge in [-0.25, -0.2) is 4.57 Å². The Kier molecular flexibility index (Phi) is 5.42. The van der Waals surface area contributed by atoms with E-state index in [1.807, 2.05) is 57.2 Å². The van der Waals surface area contributed by atoms with E-state index < -0.39 is 0 Å². The minimum Gasteiger partial charge on any atom is -0.348 e. The predicted octanol–water partition coefficient (Wildman–Crippen LogP) is 2.67. The van der Waals surface area contributed by atoms with Gasteiger partial charge in [-0.1, -0.05) is 47.8 Å². The van der Waals surface area contributed by atoms with Crippen LogP contribution in [0.1, 0.15) is 40.4 Å². The number of benzene rings is 1. The summed E-state index contributed by atoms with van der Waals surface area (Å²) in [5.41, 5.74) is 10.6. The molecule has 0 bridgehead atoms. The molecule has 0 saturated heterocycles. The van der Waals surface area contributed by atoms with Gasteiger partial charge in [0.1, 0.15) is 10.9 Å². The predicted molar refractivity (Wildman–Crippen MR) is 121 cm³/mol. The first-order valence-corrected chi connectivity index (χ1v) is 10.4. The number of nitrogens with zero attached hydrogens (tertiary/aromatic N) is 3. The zero-order chi connectivity index (χ0) is 22.1. The van der Waals surface area contributed by atoms with Crippen molar-refractivity contribution in [1.29, 1.82) is 0 Å². The van der Waals surface area contributed by atoms with Crippen LogP contribution in [0, 0.1) is 13.8 Å². The number of carbonyl (C=O) groups excluding carboxylic acids is 1. The highest BCUT2D eigenvalue weighted by Gasteiger charge is 2.24. The molecule has 7 nitrogen and oxygen atoms in total. The highest BCUT2D eigenvalue weighted by Crippen LogP contribution is 2.16. The van der Waals surface area contributed by atoms with Crippen LogP contribution in [0.4, 0.5) is 5.82 Å². The van der Waals surface area contributed by atoms with E-state index in [0.29, 0.717) is 35.6 Å². The summed E-state index contributed by atoms with van der Waals surface area (Å²) in [5.74, 6) is -0.0147. The fourth-order valence-corrected chi connectivity index (χ4v) is 3.73. The number of nitrogens with two attached hydrogens (primary N) is 1. The van der Waals surface area contributed by atoms with E-state index in [1.54, 1.807) is 16.8 Å². The zero-order valence-electron chi connectivity index (χ0n) is 18.0. The Morgan fingerprint density at radius 3 is 2.65 bits per heavy atom. The number of rotatable bonds is 5. The minimum atomic E-state index is -0.321. The van der Waals surface area contributed by atoms with Crippen LogP contribution in [0.3, 0.4) is 0 Å². The largest absolute Gasteiger partial charge is 0.348 e. The average molecular weight is 417 g/mol. The number of amides is 1. The van der Waals surface area contributed by atoms with E-state index in [4.69, 9.17) is 10.7 Å². The third kappa shape index (κ3) is 3.74. The molecule has 0 saturated carbocycles. The van der Waals surface area contributed by atoms with Crippen molar-refractivity contribution < 1.29 is 9.36 Å². The Morgan fingerprint density at radius 1 is 1.19 bits per heavy atom. The fourth-order valence-electron chi connectivity index (χ4n) is 3.73. The highest BCUT2D eigenvalue weighted by molar-refractivity contribution is 6.00. The van der Waals surface area contributed by atoms with Gasteiger partial charge < -0.3 is 11.1 Å². The van der Waals surface area contributed by atoms with Crippen molar-refractivity contribution >= 4 is 28.4 Å². The molecule has 0 unspecified atom stereocenters. The minimum absolute atomic E-state index is 0.221. The second-order valence-corrected chi connectivity index (χ2v) is 7.80. The summed E-state index contributed by atoms with van der Waals surface area (Å²) in [6.07, 6.45) is 2.47. The molecule has 3 aromatic heterocycles. The number of aryl methyl sites for hydroxylation is 3. The lowest BCUT2D eigenvalue weighted by Crippen LogP contribution is -2.42. The Hall–Kier alpha value is -3.74. The van der Waals surface area contributed by atoms with Crippen LogP contribution in [0.5, 0.6) is 0 Å². The monoisotopic (exact) mass is 416 g/mol. The number of hydrogen-bond donors (Lipinski definition) is 2. The molecule has 0 fully saturated rings. The summed E-state index contributed by atoms with van der Waals surface area (Å²) in [7, 11) is 0. The number of hydrogen-bond acceptors (Lipinski definition) is 4. The van der Waals surface area contributed by atoms with E-state index in [9.17, 15) is 9.59 Å².